The fourth-order valence-corrected chi connectivity index (χ4v) is 4.10. The number of carbonyl (C=O) groups is 1. The number of H-pyrrole nitrogens is 1. The van der Waals surface area contributed by atoms with Gasteiger partial charge in [0, 0.05) is 24.2 Å². The normalized spacial score (nSPS) is 14.2. The molecule has 0 bridgehead atoms. The lowest BCUT2D eigenvalue weighted by molar-refractivity contribution is -0.134. The maximum Gasteiger partial charge on any atom is 0.300 e. The molecule has 1 fully saturated rings. The number of aliphatic carboxylic acids is 1. The topological polar surface area (TPSA) is 114 Å². The fourth-order valence-electron chi connectivity index (χ4n) is 4.10. The summed E-state index contributed by atoms with van der Waals surface area (Å²) < 4.78 is 35.1. The van der Waals surface area contributed by atoms with E-state index in [0.29, 0.717) is 45.3 Å². The summed E-state index contributed by atoms with van der Waals surface area (Å²) in [5.74, 6) is -0.465. The van der Waals surface area contributed by atoms with Crippen molar-refractivity contribution in [2.75, 3.05) is 0 Å². The highest BCUT2D eigenvalue weighted by atomic mass is 19.1. The Labute approximate surface area is 213 Å². The summed E-state index contributed by atoms with van der Waals surface area (Å²) in [6.45, 7) is 4.01. The number of fused-ring (bicyclic) bond motifs is 1. The summed E-state index contributed by atoms with van der Waals surface area (Å²) in [6.07, 6.45) is 10.5. The summed E-state index contributed by atoms with van der Waals surface area (Å²) in [5, 5.41) is 7.42. The van der Waals surface area contributed by atoms with Crippen LogP contribution in [0.5, 0.6) is 5.88 Å². The van der Waals surface area contributed by atoms with E-state index in [-0.39, 0.29) is 6.10 Å². The van der Waals surface area contributed by atoms with Crippen LogP contribution in [0.4, 0.5) is 8.78 Å². The number of carboxylic acids is 1. The van der Waals surface area contributed by atoms with Gasteiger partial charge in [-0.2, -0.15) is 0 Å². The molecule has 37 heavy (non-hydrogen) atoms. The Bertz CT molecular complexity index is 1370. The molecule has 0 unspecified atom stereocenters. The Morgan fingerprint density at radius 3 is 2.43 bits per heavy atom. The molecule has 3 heterocycles. The van der Waals surface area contributed by atoms with E-state index in [4.69, 9.17) is 14.6 Å². The molecule has 0 spiro atoms. The Kier molecular flexibility index (Phi) is 7.75. The summed E-state index contributed by atoms with van der Waals surface area (Å²) >= 11 is 0. The van der Waals surface area contributed by atoms with Crippen molar-refractivity contribution in [2.24, 2.45) is 0 Å². The number of pyridine rings is 1. The molecule has 8 nitrogen and oxygen atoms in total. The van der Waals surface area contributed by atoms with Gasteiger partial charge in [-0.1, -0.05) is 12.5 Å². The Hall–Kier alpha value is -3.95. The van der Waals surface area contributed by atoms with Crippen molar-refractivity contribution in [1.29, 1.82) is 0 Å². The van der Waals surface area contributed by atoms with Gasteiger partial charge < -0.3 is 14.8 Å². The molecular formula is C27H29F2N5O3. The van der Waals surface area contributed by atoms with Gasteiger partial charge in [0.15, 0.2) is 5.65 Å². The van der Waals surface area contributed by atoms with Crippen LogP contribution < -0.4 is 4.74 Å². The molecule has 1 aliphatic carbocycles. The molecule has 2 N–H and O–H groups in total. The number of aromatic amines is 1. The number of carboxylic acid groups (broad SMARTS) is 1. The minimum absolute atomic E-state index is 0.195. The van der Waals surface area contributed by atoms with Crippen molar-refractivity contribution < 1.29 is 23.4 Å². The number of nitrogens with one attached hydrogen (secondary N) is 1. The highest BCUT2D eigenvalue weighted by Crippen LogP contribution is 2.30. The summed E-state index contributed by atoms with van der Waals surface area (Å²) in [6, 6.07) is 6.45. The molecule has 0 aliphatic heterocycles. The van der Waals surface area contributed by atoms with Crippen LogP contribution in [0.1, 0.15) is 58.4 Å². The van der Waals surface area contributed by atoms with Crippen molar-refractivity contribution in [2.45, 2.75) is 64.6 Å². The van der Waals surface area contributed by atoms with E-state index in [9.17, 15) is 8.78 Å². The lowest BCUT2D eigenvalue weighted by Gasteiger charge is -2.22. The summed E-state index contributed by atoms with van der Waals surface area (Å²) in [7, 11) is 0. The van der Waals surface area contributed by atoms with Gasteiger partial charge >= 0.3 is 0 Å². The van der Waals surface area contributed by atoms with Crippen LogP contribution in [0.25, 0.3) is 33.8 Å². The Balaban J connectivity index is 0.000000747. The van der Waals surface area contributed by atoms with Crippen LogP contribution in [0, 0.1) is 5.82 Å². The van der Waals surface area contributed by atoms with E-state index >= 15 is 0 Å². The van der Waals surface area contributed by atoms with Crippen LogP contribution in [0.2, 0.25) is 0 Å². The predicted molar refractivity (Wildman–Crippen MR) is 135 cm³/mol. The minimum Gasteiger partial charge on any atom is -0.481 e. The van der Waals surface area contributed by atoms with E-state index in [2.05, 4.69) is 24.9 Å². The van der Waals surface area contributed by atoms with Crippen molar-refractivity contribution in [3.8, 4) is 28.5 Å². The molecule has 5 rings (SSSR count). The third kappa shape index (κ3) is 6.63. The van der Waals surface area contributed by atoms with Crippen LogP contribution in [0.3, 0.4) is 0 Å². The zero-order valence-corrected chi connectivity index (χ0v) is 21.0. The van der Waals surface area contributed by atoms with Gasteiger partial charge in [0.2, 0.25) is 5.88 Å². The third-order valence-corrected chi connectivity index (χ3v) is 6.01. The largest absolute Gasteiger partial charge is 0.481 e. The van der Waals surface area contributed by atoms with Gasteiger partial charge in [0.1, 0.15) is 23.4 Å². The lowest BCUT2D eigenvalue weighted by Crippen LogP contribution is -2.20. The van der Waals surface area contributed by atoms with Crippen molar-refractivity contribution in [1.82, 2.24) is 24.9 Å². The highest BCUT2D eigenvalue weighted by Gasteiger charge is 2.21. The number of hydrogen-bond acceptors (Lipinski definition) is 6. The van der Waals surface area contributed by atoms with Crippen LogP contribution in [-0.4, -0.2) is 42.1 Å². The smallest absolute Gasteiger partial charge is 0.300 e. The second-order valence-corrected chi connectivity index (χ2v) is 9.48. The van der Waals surface area contributed by atoms with E-state index in [1.807, 2.05) is 0 Å². The number of aromatic nitrogens is 5. The molecule has 0 amide bonds. The number of nitrogens with zero attached hydrogens (tertiary/aromatic N) is 4. The first-order valence-corrected chi connectivity index (χ1v) is 12.1. The molecular weight excluding hydrogens is 480 g/mol. The maximum absolute atomic E-state index is 15.0. The van der Waals surface area contributed by atoms with Gasteiger partial charge in [0.25, 0.3) is 5.97 Å². The van der Waals surface area contributed by atoms with Crippen molar-refractivity contribution >= 4 is 17.1 Å². The standard InChI is InChI=1S/C25H25F2N5O.C2H4O2/c1-25(2,27)16-11-20-24(30-12-16)32-23(31-20)18-9-8-15(10-19(18)26)21-13-29-22(14-28-21)33-17-6-4-3-5-7-17;1-2(3)4/h8-14,17H,3-7H2,1-2H3,(H,30,31,32);1H3,(H,3,4). The SMILES string of the molecule is CC(=O)O.CC(C)(F)c1cnc2nc(-c3ccc(-c4cnc(OC5CCCCC5)cn4)cc3F)[nH]c2c1. The third-order valence-electron chi connectivity index (χ3n) is 6.01. The summed E-state index contributed by atoms with van der Waals surface area (Å²) in [5.41, 5.74) is 1.30. The van der Waals surface area contributed by atoms with Gasteiger partial charge in [-0.3, -0.25) is 4.79 Å². The number of ether oxygens (including phenoxy) is 1. The second-order valence-electron chi connectivity index (χ2n) is 9.48. The molecule has 0 radical (unpaired) electrons. The zero-order chi connectivity index (χ0) is 26.6. The van der Waals surface area contributed by atoms with Gasteiger partial charge in [-0.05, 0) is 57.7 Å². The number of alkyl halides is 1. The van der Waals surface area contributed by atoms with Gasteiger partial charge in [-0.15, -0.1) is 0 Å². The first-order valence-electron chi connectivity index (χ1n) is 12.1. The molecule has 194 valence electrons. The Morgan fingerprint density at radius 1 is 1.08 bits per heavy atom. The molecule has 10 heteroatoms. The number of imidazole rings is 1. The van der Waals surface area contributed by atoms with Gasteiger partial charge in [0.05, 0.1) is 29.2 Å². The zero-order valence-electron chi connectivity index (χ0n) is 21.0. The molecule has 0 saturated heterocycles. The predicted octanol–water partition coefficient (Wildman–Crippen LogP) is 6.23. The molecule has 1 aliphatic rings. The number of rotatable bonds is 5. The molecule has 1 aromatic carbocycles. The minimum atomic E-state index is -1.53. The first kappa shape index (κ1) is 26.1. The van der Waals surface area contributed by atoms with Crippen LogP contribution in [-0.2, 0) is 10.5 Å². The first-order chi connectivity index (χ1) is 17.6. The van der Waals surface area contributed by atoms with E-state index in [1.54, 1.807) is 30.6 Å². The molecule has 1 saturated carbocycles. The number of halogens is 2. The lowest BCUT2D eigenvalue weighted by atomic mass is 9.98. The molecule has 3 aromatic heterocycles. The average Bonchev–Trinajstić information content (AvgIpc) is 3.27. The van der Waals surface area contributed by atoms with Gasteiger partial charge in [-0.25, -0.2) is 28.7 Å². The van der Waals surface area contributed by atoms with Crippen molar-refractivity contribution in [3.63, 3.8) is 0 Å². The maximum atomic E-state index is 15.0. The highest BCUT2D eigenvalue weighted by molar-refractivity contribution is 5.77. The van der Waals surface area contributed by atoms with Crippen molar-refractivity contribution in [3.05, 3.63) is 54.2 Å². The number of hydrogen-bond donors (Lipinski definition) is 2. The van der Waals surface area contributed by atoms with E-state index < -0.39 is 17.5 Å². The second kappa shape index (κ2) is 11.0. The molecule has 4 aromatic rings. The van der Waals surface area contributed by atoms with E-state index in [0.717, 1.165) is 19.8 Å². The molecule has 0 atom stereocenters. The van der Waals surface area contributed by atoms with Crippen LogP contribution >= 0.6 is 0 Å². The number of benzene rings is 1. The summed E-state index contributed by atoms with van der Waals surface area (Å²) in [4.78, 5) is 29.4. The Morgan fingerprint density at radius 2 is 1.81 bits per heavy atom. The fraction of sp³-hybridized carbons (Fsp3) is 0.370. The average molecular weight is 510 g/mol. The quantitative estimate of drug-likeness (QED) is 0.328. The van der Waals surface area contributed by atoms with E-state index in [1.165, 1.54) is 45.4 Å². The monoisotopic (exact) mass is 509 g/mol. The van der Waals surface area contributed by atoms with Crippen LogP contribution in [0.15, 0.2) is 42.9 Å².